The molecule has 0 saturated heterocycles. The van der Waals surface area contributed by atoms with E-state index < -0.39 is 19.2 Å². The second-order valence-corrected chi connectivity index (χ2v) is 4.03. The molecule has 1 rings (SSSR count). The average molecular weight is 283 g/mol. The SMILES string of the molecule is CCNCc1cnc(OCCC(F)(F)F)c(Cl)c1. The van der Waals surface area contributed by atoms with Crippen molar-refractivity contribution in [2.45, 2.75) is 26.1 Å². The van der Waals surface area contributed by atoms with Gasteiger partial charge >= 0.3 is 6.18 Å². The summed E-state index contributed by atoms with van der Waals surface area (Å²) in [4.78, 5) is 3.89. The van der Waals surface area contributed by atoms with E-state index in [0.717, 1.165) is 12.1 Å². The molecule has 1 N–H and O–H groups in total. The highest BCUT2D eigenvalue weighted by molar-refractivity contribution is 6.31. The number of nitrogens with zero attached hydrogens (tertiary/aromatic N) is 1. The Hall–Kier alpha value is -1.01. The van der Waals surface area contributed by atoms with Gasteiger partial charge in [0.25, 0.3) is 0 Å². The van der Waals surface area contributed by atoms with E-state index in [1.807, 2.05) is 6.92 Å². The topological polar surface area (TPSA) is 34.2 Å². The predicted molar refractivity (Wildman–Crippen MR) is 62.8 cm³/mol. The van der Waals surface area contributed by atoms with Crippen LogP contribution in [-0.2, 0) is 6.54 Å². The third kappa shape index (κ3) is 5.55. The highest BCUT2D eigenvalue weighted by Gasteiger charge is 2.27. The van der Waals surface area contributed by atoms with Gasteiger partial charge in [-0.05, 0) is 18.2 Å². The Morgan fingerprint density at radius 2 is 2.17 bits per heavy atom. The molecule has 0 aliphatic rings. The van der Waals surface area contributed by atoms with Gasteiger partial charge in [0.2, 0.25) is 5.88 Å². The van der Waals surface area contributed by atoms with E-state index in [2.05, 4.69) is 10.3 Å². The molecule has 0 aromatic carbocycles. The number of hydrogen-bond acceptors (Lipinski definition) is 3. The second kappa shape index (κ2) is 6.80. The summed E-state index contributed by atoms with van der Waals surface area (Å²) in [5.74, 6) is 0.0289. The minimum absolute atomic E-state index is 0.0289. The highest BCUT2D eigenvalue weighted by atomic mass is 35.5. The Morgan fingerprint density at radius 1 is 1.44 bits per heavy atom. The lowest BCUT2D eigenvalue weighted by atomic mass is 10.3. The number of pyridine rings is 1. The monoisotopic (exact) mass is 282 g/mol. The van der Waals surface area contributed by atoms with Crippen molar-refractivity contribution in [1.29, 1.82) is 0 Å². The van der Waals surface area contributed by atoms with Gasteiger partial charge in [-0.3, -0.25) is 0 Å². The summed E-state index contributed by atoms with van der Waals surface area (Å²) >= 11 is 5.86. The molecule has 0 unspecified atom stereocenters. The Morgan fingerprint density at radius 3 is 2.72 bits per heavy atom. The van der Waals surface area contributed by atoms with E-state index in [1.54, 1.807) is 6.07 Å². The summed E-state index contributed by atoms with van der Waals surface area (Å²) in [6, 6.07) is 1.63. The zero-order valence-electron chi connectivity index (χ0n) is 9.85. The van der Waals surface area contributed by atoms with Gasteiger partial charge in [0.15, 0.2) is 0 Å². The number of alkyl halides is 3. The van der Waals surface area contributed by atoms with Crippen molar-refractivity contribution in [2.75, 3.05) is 13.2 Å². The van der Waals surface area contributed by atoms with Crippen LogP contribution in [0.3, 0.4) is 0 Å². The summed E-state index contributed by atoms with van der Waals surface area (Å²) in [5.41, 5.74) is 0.852. The van der Waals surface area contributed by atoms with Gasteiger partial charge in [0.05, 0.1) is 13.0 Å². The van der Waals surface area contributed by atoms with E-state index in [4.69, 9.17) is 16.3 Å². The minimum Gasteiger partial charge on any atom is -0.476 e. The van der Waals surface area contributed by atoms with E-state index in [0.29, 0.717) is 6.54 Å². The first kappa shape index (κ1) is 15.0. The number of halogens is 4. The van der Waals surface area contributed by atoms with Crippen LogP contribution in [0.4, 0.5) is 13.2 Å². The van der Waals surface area contributed by atoms with E-state index in [1.165, 1.54) is 6.20 Å². The van der Waals surface area contributed by atoms with Crippen LogP contribution in [0.25, 0.3) is 0 Å². The molecule has 0 radical (unpaired) electrons. The average Bonchev–Trinajstić information content (AvgIpc) is 2.27. The molecule has 0 aliphatic heterocycles. The Kier molecular flexibility index (Phi) is 5.68. The van der Waals surface area contributed by atoms with Gasteiger partial charge in [0, 0.05) is 12.7 Å². The Bertz CT molecular complexity index is 385. The van der Waals surface area contributed by atoms with Gasteiger partial charge < -0.3 is 10.1 Å². The first-order chi connectivity index (χ1) is 8.42. The zero-order chi connectivity index (χ0) is 13.6. The van der Waals surface area contributed by atoms with Crippen molar-refractivity contribution in [3.63, 3.8) is 0 Å². The van der Waals surface area contributed by atoms with Crippen LogP contribution in [-0.4, -0.2) is 24.3 Å². The van der Waals surface area contributed by atoms with Gasteiger partial charge in [-0.25, -0.2) is 4.98 Å². The van der Waals surface area contributed by atoms with Crippen LogP contribution >= 0.6 is 11.6 Å². The minimum atomic E-state index is -4.24. The van der Waals surface area contributed by atoms with Gasteiger partial charge in [-0.15, -0.1) is 0 Å². The molecule has 0 fully saturated rings. The molecular weight excluding hydrogens is 269 g/mol. The molecule has 0 aliphatic carbocycles. The van der Waals surface area contributed by atoms with E-state index in [-0.39, 0.29) is 10.9 Å². The van der Waals surface area contributed by atoms with Crippen molar-refractivity contribution in [3.05, 3.63) is 22.8 Å². The first-order valence-corrected chi connectivity index (χ1v) is 5.85. The van der Waals surface area contributed by atoms with Gasteiger partial charge in [0.1, 0.15) is 5.02 Å². The number of hydrogen-bond donors (Lipinski definition) is 1. The van der Waals surface area contributed by atoms with Crippen molar-refractivity contribution in [1.82, 2.24) is 10.3 Å². The fourth-order valence-electron chi connectivity index (χ4n) is 1.20. The van der Waals surface area contributed by atoms with Crippen LogP contribution < -0.4 is 10.1 Å². The normalized spacial score (nSPS) is 11.6. The molecule has 0 atom stereocenters. The quantitative estimate of drug-likeness (QED) is 0.870. The van der Waals surface area contributed by atoms with Crippen molar-refractivity contribution < 1.29 is 17.9 Å². The van der Waals surface area contributed by atoms with Crippen molar-refractivity contribution >= 4 is 11.6 Å². The van der Waals surface area contributed by atoms with Crippen molar-refractivity contribution in [2.24, 2.45) is 0 Å². The summed E-state index contributed by atoms with van der Waals surface area (Å²) in [6.45, 7) is 2.89. The third-order valence-electron chi connectivity index (χ3n) is 2.07. The second-order valence-electron chi connectivity index (χ2n) is 3.62. The largest absolute Gasteiger partial charge is 0.476 e. The molecule has 1 aromatic rings. The molecule has 1 aromatic heterocycles. The number of rotatable bonds is 6. The Balaban J connectivity index is 2.52. The lowest BCUT2D eigenvalue weighted by molar-refractivity contribution is -0.139. The molecule has 7 heteroatoms. The molecule has 0 spiro atoms. The molecule has 18 heavy (non-hydrogen) atoms. The summed E-state index contributed by atoms with van der Waals surface area (Å²) in [5, 5.41) is 3.30. The number of ether oxygens (including phenoxy) is 1. The maximum absolute atomic E-state index is 11.9. The van der Waals surface area contributed by atoms with Crippen LogP contribution in [0.2, 0.25) is 5.02 Å². The third-order valence-corrected chi connectivity index (χ3v) is 2.34. The molecule has 0 bridgehead atoms. The van der Waals surface area contributed by atoms with Crippen LogP contribution in [0.5, 0.6) is 5.88 Å². The molecule has 1 heterocycles. The summed E-state index contributed by atoms with van der Waals surface area (Å²) in [7, 11) is 0. The fourth-order valence-corrected chi connectivity index (χ4v) is 1.44. The molecular formula is C11H14ClF3N2O. The molecule has 0 saturated carbocycles. The van der Waals surface area contributed by atoms with Crippen LogP contribution in [0.1, 0.15) is 18.9 Å². The molecule has 102 valence electrons. The summed E-state index contributed by atoms with van der Waals surface area (Å²) in [6.07, 6.45) is -3.74. The zero-order valence-corrected chi connectivity index (χ0v) is 10.6. The number of nitrogens with one attached hydrogen (secondary N) is 1. The maximum atomic E-state index is 11.9. The number of aromatic nitrogens is 1. The first-order valence-electron chi connectivity index (χ1n) is 5.47. The van der Waals surface area contributed by atoms with Crippen LogP contribution in [0, 0.1) is 0 Å². The van der Waals surface area contributed by atoms with E-state index >= 15 is 0 Å². The molecule has 3 nitrogen and oxygen atoms in total. The fraction of sp³-hybridized carbons (Fsp3) is 0.545. The molecule has 0 amide bonds. The predicted octanol–water partition coefficient (Wildman–Crippen LogP) is 3.18. The Labute approximate surface area is 108 Å². The smallest absolute Gasteiger partial charge is 0.392 e. The maximum Gasteiger partial charge on any atom is 0.392 e. The standard InChI is InChI=1S/C11H14ClF3N2O/c1-2-16-6-8-5-9(12)10(17-7-8)18-4-3-11(13,14)15/h5,7,16H,2-4,6H2,1H3. The van der Waals surface area contributed by atoms with Gasteiger partial charge in [-0.2, -0.15) is 13.2 Å². The highest BCUT2D eigenvalue weighted by Crippen LogP contribution is 2.24. The van der Waals surface area contributed by atoms with Crippen molar-refractivity contribution in [3.8, 4) is 5.88 Å². The van der Waals surface area contributed by atoms with E-state index in [9.17, 15) is 13.2 Å². The van der Waals surface area contributed by atoms with Crippen LogP contribution in [0.15, 0.2) is 12.3 Å². The van der Waals surface area contributed by atoms with Gasteiger partial charge in [-0.1, -0.05) is 18.5 Å². The lowest BCUT2D eigenvalue weighted by Crippen LogP contribution is -2.14. The lowest BCUT2D eigenvalue weighted by Gasteiger charge is -2.10. The summed E-state index contributed by atoms with van der Waals surface area (Å²) < 4.78 is 40.7.